The highest BCUT2D eigenvalue weighted by atomic mass is 19.1. The molecule has 0 unspecified atom stereocenters. The molecule has 0 aliphatic rings. The Balaban J connectivity index is 2.85. The number of anilines is 1. The normalized spacial score (nSPS) is 11.1. The van der Waals surface area contributed by atoms with Gasteiger partial charge in [0.25, 0.3) is 0 Å². The molecule has 3 nitrogen and oxygen atoms in total. The van der Waals surface area contributed by atoms with E-state index in [4.69, 9.17) is 5.73 Å². The molecule has 0 aliphatic carbocycles. The lowest BCUT2D eigenvalue weighted by molar-refractivity contribution is 0.619. The van der Waals surface area contributed by atoms with Crippen LogP contribution in [0.1, 0.15) is 18.3 Å². The molecule has 0 saturated heterocycles. The fourth-order valence-electron chi connectivity index (χ4n) is 1.63. The molecule has 0 aromatic carbocycles. The highest BCUT2D eigenvalue weighted by Gasteiger charge is 2.09. The second-order valence-electron chi connectivity index (χ2n) is 3.30. The summed E-state index contributed by atoms with van der Waals surface area (Å²) in [5.74, 6) is -0.335. The van der Waals surface area contributed by atoms with Crippen LogP contribution < -0.4 is 5.73 Å². The Hall–Kier alpha value is -1.58. The second kappa shape index (κ2) is 2.97. The highest BCUT2D eigenvalue weighted by molar-refractivity contribution is 5.65. The number of nitrogen functional groups attached to an aromatic ring is 1. The molecule has 0 saturated carbocycles. The zero-order chi connectivity index (χ0) is 10.3. The largest absolute Gasteiger partial charge is 0.396 e. The monoisotopic (exact) mass is 193 g/mol. The maximum atomic E-state index is 13.1. The van der Waals surface area contributed by atoms with Crippen molar-refractivity contribution in [2.24, 2.45) is 0 Å². The SMILES string of the molecule is CCc1nc2c(N)cc(F)cn2c1C. The van der Waals surface area contributed by atoms with Gasteiger partial charge in [-0.25, -0.2) is 9.37 Å². The smallest absolute Gasteiger partial charge is 0.160 e. The van der Waals surface area contributed by atoms with Crippen LogP contribution in [0, 0.1) is 12.7 Å². The van der Waals surface area contributed by atoms with E-state index in [1.807, 2.05) is 13.8 Å². The van der Waals surface area contributed by atoms with Gasteiger partial charge >= 0.3 is 0 Å². The molecule has 0 aliphatic heterocycles. The number of halogens is 1. The van der Waals surface area contributed by atoms with E-state index in [-0.39, 0.29) is 5.82 Å². The van der Waals surface area contributed by atoms with Crippen molar-refractivity contribution < 1.29 is 4.39 Å². The van der Waals surface area contributed by atoms with Gasteiger partial charge < -0.3 is 5.73 Å². The van der Waals surface area contributed by atoms with Crippen LogP contribution in [0.15, 0.2) is 12.3 Å². The van der Waals surface area contributed by atoms with Crippen LogP contribution in [0.4, 0.5) is 10.1 Å². The van der Waals surface area contributed by atoms with Gasteiger partial charge in [-0.15, -0.1) is 0 Å². The third-order valence-electron chi connectivity index (χ3n) is 2.39. The summed E-state index contributed by atoms with van der Waals surface area (Å²) < 4.78 is 14.8. The van der Waals surface area contributed by atoms with Crippen LogP contribution in [-0.2, 0) is 6.42 Å². The van der Waals surface area contributed by atoms with Gasteiger partial charge in [0.05, 0.1) is 11.4 Å². The predicted molar refractivity (Wildman–Crippen MR) is 53.7 cm³/mol. The number of aryl methyl sites for hydroxylation is 2. The molecule has 0 atom stereocenters. The van der Waals surface area contributed by atoms with Crippen molar-refractivity contribution in [3.8, 4) is 0 Å². The van der Waals surface area contributed by atoms with Gasteiger partial charge in [0.15, 0.2) is 5.65 Å². The van der Waals surface area contributed by atoms with Gasteiger partial charge in [-0.3, -0.25) is 4.40 Å². The Kier molecular flexibility index (Phi) is 1.91. The number of hydrogen-bond donors (Lipinski definition) is 1. The fraction of sp³-hybridized carbons (Fsp3) is 0.300. The summed E-state index contributed by atoms with van der Waals surface area (Å²) in [5, 5.41) is 0. The summed E-state index contributed by atoms with van der Waals surface area (Å²) in [6.45, 7) is 3.93. The molecule has 2 N–H and O–H groups in total. The van der Waals surface area contributed by atoms with E-state index in [2.05, 4.69) is 4.98 Å². The molecule has 4 heteroatoms. The molecule has 14 heavy (non-hydrogen) atoms. The maximum absolute atomic E-state index is 13.1. The number of hydrogen-bond acceptors (Lipinski definition) is 2. The number of nitrogens with zero attached hydrogens (tertiary/aromatic N) is 2. The van der Waals surface area contributed by atoms with E-state index in [1.165, 1.54) is 12.3 Å². The number of rotatable bonds is 1. The molecule has 74 valence electrons. The first kappa shape index (κ1) is 8.99. The topological polar surface area (TPSA) is 43.3 Å². The van der Waals surface area contributed by atoms with Gasteiger partial charge in [-0.05, 0) is 13.3 Å². The molecule has 0 fully saturated rings. The summed E-state index contributed by atoms with van der Waals surface area (Å²) in [6, 6.07) is 1.29. The summed E-state index contributed by atoms with van der Waals surface area (Å²) in [6.07, 6.45) is 2.24. The Bertz CT molecular complexity index is 488. The van der Waals surface area contributed by atoms with Crippen LogP contribution in [0.5, 0.6) is 0 Å². The fourth-order valence-corrected chi connectivity index (χ4v) is 1.63. The number of imidazole rings is 1. The molecule has 0 radical (unpaired) electrons. The predicted octanol–water partition coefficient (Wildman–Crippen LogP) is 1.93. The van der Waals surface area contributed by atoms with Gasteiger partial charge in [-0.1, -0.05) is 6.92 Å². The van der Waals surface area contributed by atoms with E-state index in [9.17, 15) is 4.39 Å². The molecule has 0 spiro atoms. The quantitative estimate of drug-likeness (QED) is 0.752. The van der Waals surface area contributed by atoms with Crippen LogP contribution in [0.3, 0.4) is 0 Å². The second-order valence-corrected chi connectivity index (χ2v) is 3.30. The molecule has 2 heterocycles. The Morgan fingerprint density at radius 3 is 2.93 bits per heavy atom. The molecule has 0 bridgehead atoms. The summed E-state index contributed by atoms with van der Waals surface area (Å²) >= 11 is 0. The van der Waals surface area contributed by atoms with Crippen LogP contribution in [0.25, 0.3) is 5.65 Å². The lowest BCUT2D eigenvalue weighted by Crippen LogP contribution is -1.95. The van der Waals surface area contributed by atoms with Crippen molar-refractivity contribution in [3.63, 3.8) is 0 Å². The first-order valence-electron chi connectivity index (χ1n) is 4.56. The first-order chi connectivity index (χ1) is 6.63. The van der Waals surface area contributed by atoms with Crippen LogP contribution in [-0.4, -0.2) is 9.38 Å². The summed E-state index contributed by atoms with van der Waals surface area (Å²) in [5.41, 5.74) is 8.61. The van der Waals surface area contributed by atoms with Crippen LogP contribution in [0.2, 0.25) is 0 Å². The van der Waals surface area contributed by atoms with E-state index in [0.29, 0.717) is 11.3 Å². The summed E-state index contributed by atoms with van der Waals surface area (Å²) in [7, 11) is 0. The lowest BCUT2D eigenvalue weighted by Gasteiger charge is -1.99. The minimum absolute atomic E-state index is 0.335. The third-order valence-corrected chi connectivity index (χ3v) is 2.39. The minimum Gasteiger partial charge on any atom is -0.396 e. The highest BCUT2D eigenvalue weighted by Crippen LogP contribution is 2.18. The van der Waals surface area contributed by atoms with Crippen molar-refractivity contribution in [2.45, 2.75) is 20.3 Å². The lowest BCUT2D eigenvalue weighted by atomic mass is 10.3. The number of aromatic nitrogens is 2. The van der Waals surface area contributed by atoms with Crippen molar-refractivity contribution in [2.75, 3.05) is 5.73 Å². The van der Waals surface area contributed by atoms with E-state index < -0.39 is 0 Å². The van der Waals surface area contributed by atoms with Crippen molar-refractivity contribution >= 4 is 11.3 Å². The van der Waals surface area contributed by atoms with E-state index >= 15 is 0 Å². The van der Waals surface area contributed by atoms with Crippen molar-refractivity contribution in [3.05, 3.63) is 29.5 Å². The minimum atomic E-state index is -0.335. The molecule has 2 rings (SSSR count). The van der Waals surface area contributed by atoms with Crippen LogP contribution >= 0.6 is 0 Å². The molecular formula is C10H12FN3. The molecular weight excluding hydrogens is 181 g/mol. The van der Waals surface area contributed by atoms with Gasteiger partial charge in [-0.2, -0.15) is 0 Å². The molecule has 0 amide bonds. The number of pyridine rings is 1. The van der Waals surface area contributed by atoms with Gasteiger partial charge in [0, 0.05) is 18.0 Å². The standard InChI is InChI=1S/C10H12FN3/c1-3-9-6(2)14-5-7(11)4-8(12)10(14)13-9/h4-5H,3,12H2,1-2H3. The van der Waals surface area contributed by atoms with E-state index in [1.54, 1.807) is 4.40 Å². The molecule has 2 aromatic rings. The Morgan fingerprint density at radius 2 is 2.29 bits per heavy atom. The van der Waals surface area contributed by atoms with Crippen molar-refractivity contribution in [1.29, 1.82) is 0 Å². The van der Waals surface area contributed by atoms with Gasteiger partial charge in [0.2, 0.25) is 0 Å². The van der Waals surface area contributed by atoms with Gasteiger partial charge in [0.1, 0.15) is 5.82 Å². The maximum Gasteiger partial charge on any atom is 0.160 e. The molecule has 2 aromatic heterocycles. The number of nitrogens with two attached hydrogens (primary N) is 1. The Morgan fingerprint density at radius 1 is 1.57 bits per heavy atom. The average molecular weight is 193 g/mol. The summed E-state index contributed by atoms with van der Waals surface area (Å²) in [4.78, 5) is 4.34. The Labute approximate surface area is 81.4 Å². The number of fused-ring (bicyclic) bond motifs is 1. The zero-order valence-electron chi connectivity index (χ0n) is 8.21. The average Bonchev–Trinajstić information content (AvgIpc) is 2.44. The van der Waals surface area contributed by atoms with E-state index in [0.717, 1.165) is 17.8 Å². The zero-order valence-corrected chi connectivity index (χ0v) is 8.21. The first-order valence-corrected chi connectivity index (χ1v) is 4.56. The third kappa shape index (κ3) is 1.14. The van der Waals surface area contributed by atoms with Crippen molar-refractivity contribution in [1.82, 2.24) is 9.38 Å².